The normalized spacial score (nSPS) is 10.9. The van der Waals surface area contributed by atoms with Gasteiger partial charge in [-0.3, -0.25) is 0 Å². The second-order valence-electron chi connectivity index (χ2n) is 2.36. The zero-order valence-corrected chi connectivity index (χ0v) is 6.97. The number of pyridine rings is 1. The van der Waals surface area contributed by atoms with Crippen LogP contribution in [0.5, 0.6) is 5.75 Å². The molecule has 1 rings (SSSR count). The molecule has 0 aromatic carbocycles. The number of nitrogens with zero attached hydrogens (tertiary/aromatic N) is 2. The minimum absolute atomic E-state index is 0.431. The Hall–Kier alpha value is -2.04. The second-order valence-corrected chi connectivity index (χ2v) is 2.36. The standard InChI is InChI=1S/C7H3F4N3O/c8-4-1-3(2-12)14-6(13)5(4)15-7(9,10)11/h1H,(H2,13,14). The van der Waals surface area contributed by atoms with Crippen molar-refractivity contribution in [3.8, 4) is 11.8 Å². The van der Waals surface area contributed by atoms with Crippen molar-refractivity contribution in [3.63, 3.8) is 0 Å². The number of halogens is 4. The van der Waals surface area contributed by atoms with E-state index in [1.807, 2.05) is 0 Å². The monoisotopic (exact) mass is 221 g/mol. The summed E-state index contributed by atoms with van der Waals surface area (Å²) in [5.41, 5.74) is 4.55. The van der Waals surface area contributed by atoms with Crippen LogP contribution in [0.1, 0.15) is 5.69 Å². The largest absolute Gasteiger partial charge is 0.573 e. The van der Waals surface area contributed by atoms with Crippen molar-refractivity contribution in [1.29, 1.82) is 5.26 Å². The van der Waals surface area contributed by atoms with Crippen LogP contribution in [0.2, 0.25) is 0 Å². The highest BCUT2D eigenvalue weighted by Crippen LogP contribution is 2.29. The molecule has 1 heterocycles. The lowest BCUT2D eigenvalue weighted by Gasteiger charge is -2.10. The Morgan fingerprint density at radius 1 is 1.47 bits per heavy atom. The summed E-state index contributed by atoms with van der Waals surface area (Å²) in [4.78, 5) is 3.19. The summed E-state index contributed by atoms with van der Waals surface area (Å²) in [7, 11) is 0. The third-order valence-corrected chi connectivity index (χ3v) is 1.29. The molecule has 15 heavy (non-hydrogen) atoms. The number of hydrogen-bond donors (Lipinski definition) is 1. The maximum absolute atomic E-state index is 12.9. The molecule has 0 aliphatic carbocycles. The number of rotatable bonds is 1. The highest BCUT2D eigenvalue weighted by atomic mass is 19.4. The molecule has 0 saturated carbocycles. The van der Waals surface area contributed by atoms with E-state index < -0.39 is 29.4 Å². The van der Waals surface area contributed by atoms with Gasteiger partial charge in [-0.15, -0.1) is 13.2 Å². The fraction of sp³-hybridized carbons (Fsp3) is 0.143. The number of alkyl halides is 3. The molecule has 0 fully saturated rings. The van der Waals surface area contributed by atoms with Gasteiger partial charge in [-0.1, -0.05) is 0 Å². The second kappa shape index (κ2) is 3.61. The summed E-state index contributed by atoms with van der Waals surface area (Å²) in [6.07, 6.45) is -5.06. The smallest absolute Gasteiger partial charge is 0.399 e. The van der Waals surface area contributed by atoms with Crippen LogP contribution in [0.25, 0.3) is 0 Å². The van der Waals surface area contributed by atoms with Gasteiger partial charge in [-0.2, -0.15) is 5.26 Å². The minimum atomic E-state index is -5.06. The van der Waals surface area contributed by atoms with Crippen LogP contribution in [-0.4, -0.2) is 11.3 Å². The molecule has 4 nitrogen and oxygen atoms in total. The van der Waals surface area contributed by atoms with Gasteiger partial charge in [-0.05, 0) is 0 Å². The molecule has 0 unspecified atom stereocenters. The van der Waals surface area contributed by atoms with Crippen LogP contribution in [0.15, 0.2) is 6.07 Å². The van der Waals surface area contributed by atoms with Crippen molar-refractivity contribution >= 4 is 5.82 Å². The van der Waals surface area contributed by atoms with E-state index in [1.54, 1.807) is 0 Å². The molecule has 8 heteroatoms. The van der Waals surface area contributed by atoms with Gasteiger partial charge in [0.25, 0.3) is 0 Å². The van der Waals surface area contributed by atoms with Gasteiger partial charge in [-0.25, -0.2) is 9.37 Å². The predicted molar refractivity (Wildman–Crippen MR) is 40.0 cm³/mol. The van der Waals surface area contributed by atoms with Crippen molar-refractivity contribution in [2.75, 3.05) is 5.73 Å². The molecule has 1 aromatic rings. The first kappa shape index (κ1) is 11.0. The molecule has 2 N–H and O–H groups in total. The molecule has 80 valence electrons. The predicted octanol–water partition coefficient (Wildman–Crippen LogP) is 1.57. The van der Waals surface area contributed by atoms with Crippen molar-refractivity contribution in [3.05, 3.63) is 17.6 Å². The van der Waals surface area contributed by atoms with Crippen LogP contribution < -0.4 is 10.5 Å². The lowest BCUT2D eigenvalue weighted by molar-refractivity contribution is -0.275. The van der Waals surface area contributed by atoms with Gasteiger partial charge < -0.3 is 10.5 Å². The number of nitriles is 1. The molecule has 0 aliphatic heterocycles. The Kier molecular flexibility index (Phi) is 2.65. The van der Waals surface area contributed by atoms with E-state index in [-0.39, 0.29) is 0 Å². The highest BCUT2D eigenvalue weighted by molar-refractivity contribution is 5.49. The Morgan fingerprint density at radius 2 is 2.07 bits per heavy atom. The first-order chi connectivity index (χ1) is 6.83. The SMILES string of the molecule is N#Cc1cc(F)c(OC(F)(F)F)c(N)n1. The third kappa shape index (κ3) is 2.70. The fourth-order valence-corrected chi connectivity index (χ4v) is 0.795. The molecular weight excluding hydrogens is 218 g/mol. The number of hydrogen-bond acceptors (Lipinski definition) is 4. The molecule has 0 saturated heterocycles. The minimum Gasteiger partial charge on any atom is -0.399 e. The zero-order valence-electron chi connectivity index (χ0n) is 6.97. The van der Waals surface area contributed by atoms with E-state index in [0.29, 0.717) is 6.07 Å². The molecule has 0 aliphatic rings. The third-order valence-electron chi connectivity index (χ3n) is 1.29. The summed E-state index contributed by atoms with van der Waals surface area (Å²) >= 11 is 0. The lowest BCUT2D eigenvalue weighted by Crippen LogP contribution is -2.19. The Morgan fingerprint density at radius 3 is 2.47 bits per heavy atom. The Balaban J connectivity index is 3.16. The van der Waals surface area contributed by atoms with Crippen LogP contribution in [0.3, 0.4) is 0 Å². The van der Waals surface area contributed by atoms with E-state index in [4.69, 9.17) is 11.0 Å². The van der Waals surface area contributed by atoms with Crippen molar-refractivity contribution in [2.24, 2.45) is 0 Å². The van der Waals surface area contributed by atoms with Crippen molar-refractivity contribution in [1.82, 2.24) is 4.98 Å². The summed E-state index contributed by atoms with van der Waals surface area (Å²) in [5, 5.41) is 8.31. The number of nitrogens with two attached hydrogens (primary N) is 1. The maximum atomic E-state index is 12.9. The van der Waals surface area contributed by atoms with Gasteiger partial charge in [0.05, 0.1) is 0 Å². The molecule has 0 spiro atoms. The quantitative estimate of drug-likeness (QED) is 0.730. The van der Waals surface area contributed by atoms with Gasteiger partial charge >= 0.3 is 6.36 Å². The average molecular weight is 221 g/mol. The van der Waals surface area contributed by atoms with Crippen molar-refractivity contribution < 1.29 is 22.3 Å². The van der Waals surface area contributed by atoms with Gasteiger partial charge in [0.2, 0.25) is 5.75 Å². The van der Waals surface area contributed by atoms with Crippen LogP contribution in [0, 0.1) is 17.1 Å². The van der Waals surface area contributed by atoms with Crippen LogP contribution >= 0.6 is 0 Å². The van der Waals surface area contributed by atoms with E-state index in [9.17, 15) is 17.6 Å². The summed E-state index contributed by atoms with van der Waals surface area (Å²) < 4.78 is 51.5. The summed E-state index contributed by atoms with van der Waals surface area (Å²) in [6.45, 7) is 0. The van der Waals surface area contributed by atoms with E-state index in [1.165, 1.54) is 6.07 Å². The molecule has 0 bridgehead atoms. The first-order valence-corrected chi connectivity index (χ1v) is 3.45. The fourth-order valence-electron chi connectivity index (χ4n) is 0.795. The van der Waals surface area contributed by atoms with E-state index in [0.717, 1.165) is 0 Å². The molecule has 0 amide bonds. The molecule has 0 radical (unpaired) electrons. The number of aromatic nitrogens is 1. The molecule has 0 atom stereocenters. The lowest BCUT2D eigenvalue weighted by atomic mass is 10.3. The van der Waals surface area contributed by atoms with E-state index >= 15 is 0 Å². The zero-order chi connectivity index (χ0) is 11.6. The van der Waals surface area contributed by atoms with Crippen LogP contribution in [0.4, 0.5) is 23.4 Å². The van der Waals surface area contributed by atoms with Gasteiger partial charge in [0.1, 0.15) is 11.8 Å². The Labute approximate surface area is 80.9 Å². The molecular formula is C7H3F4N3O. The highest BCUT2D eigenvalue weighted by Gasteiger charge is 2.34. The van der Waals surface area contributed by atoms with E-state index in [2.05, 4.69) is 9.72 Å². The van der Waals surface area contributed by atoms with Crippen LogP contribution in [-0.2, 0) is 0 Å². The van der Waals surface area contributed by atoms with Gasteiger partial charge in [0.15, 0.2) is 11.6 Å². The van der Waals surface area contributed by atoms with Crippen molar-refractivity contribution in [2.45, 2.75) is 6.36 Å². The topological polar surface area (TPSA) is 71.9 Å². The molecule has 1 aromatic heterocycles. The summed E-state index contributed by atoms with van der Waals surface area (Å²) in [6, 6.07) is 1.93. The van der Waals surface area contributed by atoms with Gasteiger partial charge in [0, 0.05) is 6.07 Å². The Bertz CT molecular complexity index is 400. The number of ether oxygens (including phenoxy) is 1. The number of nitrogen functional groups attached to an aromatic ring is 1. The summed E-state index contributed by atoms with van der Waals surface area (Å²) in [5.74, 6) is -3.46. The average Bonchev–Trinajstić information content (AvgIpc) is 2.09. The number of anilines is 1. The maximum Gasteiger partial charge on any atom is 0.573 e. The first-order valence-electron chi connectivity index (χ1n) is 3.45.